The second-order valence-electron chi connectivity index (χ2n) is 5.64. The van der Waals surface area contributed by atoms with E-state index in [0.717, 1.165) is 23.7 Å². The van der Waals surface area contributed by atoms with Crippen LogP contribution >= 0.6 is 0 Å². The maximum atomic E-state index is 4.56. The van der Waals surface area contributed by atoms with Crippen LogP contribution in [0.2, 0.25) is 0 Å². The Morgan fingerprint density at radius 3 is 2.74 bits per heavy atom. The van der Waals surface area contributed by atoms with Crippen molar-refractivity contribution in [2.75, 3.05) is 11.9 Å². The molecule has 0 spiro atoms. The molecule has 2 heteroatoms. The molecule has 0 aliphatic carbocycles. The van der Waals surface area contributed by atoms with E-state index in [4.69, 9.17) is 0 Å². The minimum Gasteiger partial charge on any atom is -0.384 e. The van der Waals surface area contributed by atoms with Gasteiger partial charge in [0.15, 0.2) is 0 Å². The first-order valence-electron chi connectivity index (χ1n) is 7.27. The Hall–Kier alpha value is -1.57. The molecule has 0 unspecified atom stereocenters. The molecule has 2 rings (SSSR count). The third-order valence-electron chi connectivity index (χ3n) is 3.37. The molecule has 0 radical (unpaired) electrons. The van der Waals surface area contributed by atoms with Gasteiger partial charge in [-0.25, -0.2) is 0 Å². The van der Waals surface area contributed by atoms with Crippen LogP contribution in [-0.2, 0) is 0 Å². The van der Waals surface area contributed by atoms with Gasteiger partial charge in [0.25, 0.3) is 0 Å². The number of aromatic nitrogens is 1. The number of benzene rings is 1. The predicted octanol–water partition coefficient (Wildman–Crippen LogP) is 4.78. The number of anilines is 1. The van der Waals surface area contributed by atoms with Crippen LogP contribution in [0.3, 0.4) is 0 Å². The van der Waals surface area contributed by atoms with Gasteiger partial charge < -0.3 is 5.32 Å². The van der Waals surface area contributed by atoms with Crippen molar-refractivity contribution in [3.8, 4) is 0 Å². The van der Waals surface area contributed by atoms with Crippen molar-refractivity contribution in [3.05, 3.63) is 36.0 Å². The number of aryl methyl sites for hydroxylation is 1. The van der Waals surface area contributed by atoms with E-state index in [0.29, 0.717) is 0 Å². The Kier molecular flexibility index (Phi) is 4.78. The van der Waals surface area contributed by atoms with Gasteiger partial charge in [0.05, 0.1) is 5.52 Å². The van der Waals surface area contributed by atoms with Gasteiger partial charge in [0, 0.05) is 23.3 Å². The monoisotopic (exact) mass is 256 g/mol. The second kappa shape index (κ2) is 6.55. The molecule has 0 aliphatic heterocycles. The molecule has 0 aliphatic rings. The molecule has 0 saturated carbocycles. The smallest absolute Gasteiger partial charge is 0.0725 e. The lowest BCUT2D eigenvalue weighted by atomic mass is 10.1. The number of para-hydroxylation sites is 1. The Morgan fingerprint density at radius 2 is 1.95 bits per heavy atom. The molecule has 2 nitrogen and oxygen atoms in total. The van der Waals surface area contributed by atoms with Gasteiger partial charge in [-0.05, 0) is 31.4 Å². The molecule has 1 aromatic heterocycles. The van der Waals surface area contributed by atoms with E-state index in [2.05, 4.69) is 55.3 Å². The van der Waals surface area contributed by atoms with Crippen molar-refractivity contribution in [1.82, 2.24) is 4.98 Å². The normalized spacial score (nSPS) is 11.2. The van der Waals surface area contributed by atoms with Crippen LogP contribution in [0, 0.1) is 12.8 Å². The number of hydrogen-bond donors (Lipinski definition) is 1. The van der Waals surface area contributed by atoms with E-state index in [-0.39, 0.29) is 0 Å². The third-order valence-corrected chi connectivity index (χ3v) is 3.37. The molecule has 0 atom stereocenters. The Bertz CT molecular complexity index is 532. The van der Waals surface area contributed by atoms with E-state index in [1.165, 1.54) is 30.3 Å². The molecule has 1 N–H and O–H groups in total. The first-order chi connectivity index (χ1) is 9.16. The van der Waals surface area contributed by atoms with Gasteiger partial charge in [-0.3, -0.25) is 4.98 Å². The molecular formula is C17H24N2. The van der Waals surface area contributed by atoms with Crippen LogP contribution < -0.4 is 5.32 Å². The third kappa shape index (κ3) is 3.95. The molecule has 0 saturated heterocycles. The second-order valence-corrected chi connectivity index (χ2v) is 5.64. The van der Waals surface area contributed by atoms with Crippen molar-refractivity contribution < 1.29 is 0 Å². The topological polar surface area (TPSA) is 24.9 Å². The first-order valence-corrected chi connectivity index (χ1v) is 7.27. The van der Waals surface area contributed by atoms with Crippen molar-refractivity contribution >= 4 is 16.6 Å². The average Bonchev–Trinajstić information content (AvgIpc) is 2.37. The molecule has 2 aromatic rings. The van der Waals surface area contributed by atoms with Gasteiger partial charge in [0.2, 0.25) is 0 Å². The number of rotatable bonds is 6. The average molecular weight is 256 g/mol. The minimum atomic E-state index is 0.809. The maximum absolute atomic E-state index is 4.56. The quantitative estimate of drug-likeness (QED) is 0.752. The molecule has 102 valence electrons. The van der Waals surface area contributed by atoms with E-state index in [9.17, 15) is 0 Å². The van der Waals surface area contributed by atoms with Crippen molar-refractivity contribution in [1.29, 1.82) is 0 Å². The molecule has 0 amide bonds. The summed E-state index contributed by atoms with van der Waals surface area (Å²) < 4.78 is 0. The van der Waals surface area contributed by atoms with E-state index in [1.54, 1.807) is 0 Å². The summed E-state index contributed by atoms with van der Waals surface area (Å²) in [6, 6.07) is 10.5. The van der Waals surface area contributed by atoms with Crippen LogP contribution in [0.4, 0.5) is 5.69 Å². The SMILES string of the molecule is Cc1cc(NCCCCC(C)C)c2ccccc2n1. The summed E-state index contributed by atoms with van der Waals surface area (Å²) >= 11 is 0. The van der Waals surface area contributed by atoms with E-state index >= 15 is 0 Å². The highest BCUT2D eigenvalue weighted by atomic mass is 14.9. The zero-order valence-electron chi connectivity index (χ0n) is 12.2. The molecule has 0 bridgehead atoms. The van der Waals surface area contributed by atoms with Gasteiger partial charge in [0.1, 0.15) is 0 Å². The fourth-order valence-corrected chi connectivity index (χ4v) is 2.35. The van der Waals surface area contributed by atoms with E-state index in [1.807, 2.05) is 6.07 Å². The number of hydrogen-bond acceptors (Lipinski definition) is 2. The van der Waals surface area contributed by atoms with Crippen LogP contribution in [0.5, 0.6) is 0 Å². The summed E-state index contributed by atoms with van der Waals surface area (Å²) in [7, 11) is 0. The Labute approximate surface area is 116 Å². The summed E-state index contributed by atoms with van der Waals surface area (Å²) in [4.78, 5) is 4.56. The van der Waals surface area contributed by atoms with Crippen molar-refractivity contribution in [2.45, 2.75) is 40.0 Å². The van der Waals surface area contributed by atoms with Gasteiger partial charge in [-0.15, -0.1) is 0 Å². The number of nitrogens with one attached hydrogen (secondary N) is 1. The largest absolute Gasteiger partial charge is 0.384 e. The zero-order chi connectivity index (χ0) is 13.7. The Balaban J connectivity index is 2.00. The highest BCUT2D eigenvalue weighted by Crippen LogP contribution is 2.22. The lowest BCUT2D eigenvalue weighted by molar-refractivity contribution is 0.545. The molecule has 19 heavy (non-hydrogen) atoms. The Morgan fingerprint density at radius 1 is 1.16 bits per heavy atom. The van der Waals surface area contributed by atoms with Crippen molar-refractivity contribution in [3.63, 3.8) is 0 Å². The van der Waals surface area contributed by atoms with Crippen LogP contribution in [-0.4, -0.2) is 11.5 Å². The van der Waals surface area contributed by atoms with Crippen LogP contribution in [0.1, 0.15) is 38.8 Å². The van der Waals surface area contributed by atoms with Crippen LogP contribution in [0.15, 0.2) is 30.3 Å². The zero-order valence-corrected chi connectivity index (χ0v) is 12.2. The van der Waals surface area contributed by atoms with Crippen molar-refractivity contribution in [2.24, 2.45) is 5.92 Å². The molecule has 1 heterocycles. The summed E-state index contributed by atoms with van der Waals surface area (Å²) in [5, 5.41) is 4.78. The fraction of sp³-hybridized carbons (Fsp3) is 0.471. The predicted molar refractivity (Wildman–Crippen MR) is 83.7 cm³/mol. The number of nitrogens with zero attached hydrogens (tertiary/aromatic N) is 1. The lowest BCUT2D eigenvalue weighted by Gasteiger charge is -2.11. The standard InChI is InChI=1S/C17H24N2/c1-13(2)8-6-7-11-18-17-12-14(3)19-16-10-5-4-9-15(16)17/h4-5,9-10,12-13H,6-8,11H2,1-3H3,(H,18,19). The summed E-state index contributed by atoms with van der Waals surface area (Å²) in [6.45, 7) is 7.66. The number of fused-ring (bicyclic) bond motifs is 1. The maximum Gasteiger partial charge on any atom is 0.0725 e. The van der Waals surface area contributed by atoms with Gasteiger partial charge in [-0.2, -0.15) is 0 Å². The minimum absolute atomic E-state index is 0.809. The fourth-order valence-electron chi connectivity index (χ4n) is 2.35. The number of pyridine rings is 1. The molecule has 0 fully saturated rings. The number of unbranched alkanes of at least 4 members (excludes halogenated alkanes) is 1. The molecule has 1 aromatic carbocycles. The summed E-state index contributed by atoms with van der Waals surface area (Å²) in [6.07, 6.45) is 3.85. The highest BCUT2D eigenvalue weighted by Gasteiger charge is 2.02. The highest BCUT2D eigenvalue weighted by molar-refractivity contribution is 5.91. The summed E-state index contributed by atoms with van der Waals surface area (Å²) in [5.74, 6) is 0.809. The van der Waals surface area contributed by atoms with E-state index < -0.39 is 0 Å². The van der Waals surface area contributed by atoms with Crippen LogP contribution in [0.25, 0.3) is 10.9 Å². The summed E-state index contributed by atoms with van der Waals surface area (Å²) in [5.41, 5.74) is 3.36. The van der Waals surface area contributed by atoms with Gasteiger partial charge in [-0.1, -0.05) is 44.9 Å². The van der Waals surface area contributed by atoms with Gasteiger partial charge >= 0.3 is 0 Å². The molecular weight excluding hydrogens is 232 g/mol. The first kappa shape index (κ1) is 13.9. The lowest BCUT2D eigenvalue weighted by Crippen LogP contribution is -2.03.